The summed E-state index contributed by atoms with van der Waals surface area (Å²) in [7, 11) is 0. The number of nitrogens with zero attached hydrogens (tertiary/aromatic N) is 2. The molecule has 1 amide bonds. The van der Waals surface area contributed by atoms with E-state index < -0.39 is 28.9 Å². The van der Waals surface area contributed by atoms with Gasteiger partial charge in [-0.15, -0.1) is 0 Å². The van der Waals surface area contributed by atoms with Crippen LogP contribution in [-0.2, 0) is 38.8 Å². The molecule has 0 N–H and O–H groups in total. The zero-order valence-corrected chi connectivity index (χ0v) is 28.2. The topological polar surface area (TPSA) is 59.1 Å². The number of esters is 1. The van der Waals surface area contributed by atoms with Crippen LogP contribution in [0.3, 0.4) is 0 Å². The number of amides is 1. The van der Waals surface area contributed by atoms with Crippen molar-refractivity contribution in [3.05, 3.63) is 107 Å². The van der Waals surface area contributed by atoms with Gasteiger partial charge < -0.3 is 14.4 Å². The summed E-state index contributed by atoms with van der Waals surface area (Å²) in [5.74, 6) is 0.426. The fraction of sp³-hybridized carbons (Fsp3) is 0.450. The summed E-state index contributed by atoms with van der Waals surface area (Å²) in [4.78, 5) is 31.6. The van der Waals surface area contributed by atoms with Gasteiger partial charge in [-0.1, -0.05) is 68.4 Å². The van der Waals surface area contributed by atoms with Crippen LogP contribution in [0.4, 0.5) is 13.2 Å². The highest BCUT2D eigenvalue weighted by molar-refractivity contribution is 5.92. The molecule has 0 unspecified atom stereocenters. The Morgan fingerprint density at radius 2 is 1.80 bits per heavy atom. The number of hydrogen-bond acceptors (Lipinski definition) is 5. The number of carbonyl (C=O) groups excluding carboxylic acids is 2. The van der Waals surface area contributed by atoms with Crippen LogP contribution >= 0.6 is 0 Å². The van der Waals surface area contributed by atoms with Crippen molar-refractivity contribution in [1.82, 2.24) is 9.80 Å². The van der Waals surface area contributed by atoms with E-state index in [0.29, 0.717) is 24.9 Å². The zero-order valence-electron chi connectivity index (χ0n) is 28.2. The van der Waals surface area contributed by atoms with Crippen molar-refractivity contribution in [2.75, 3.05) is 19.6 Å². The first-order chi connectivity index (χ1) is 23.4. The smallest absolute Gasteiger partial charge is 0.416 e. The molecule has 0 radical (unpaired) electrons. The molecule has 2 bridgehead atoms. The van der Waals surface area contributed by atoms with Crippen molar-refractivity contribution < 1.29 is 32.2 Å². The molecular formula is C40H43F3N2O4. The van der Waals surface area contributed by atoms with E-state index in [9.17, 15) is 22.8 Å². The summed E-state index contributed by atoms with van der Waals surface area (Å²) >= 11 is 0. The molecule has 4 aliphatic rings. The highest BCUT2D eigenvalue weighted by atomic mass is 19.4. The van der Waals surface area contributed by atoms with Crippen molar-refractivity contribution in [1.29, 1.82) is 0 Å². The minimum absolute atomic E-state index is 0.0458. The fourth-order valence-electron chi connectivity index (χ4n) is 9.34. The molecule has 3 aromatic carbocycles. The second-order valence-corrected chi connectivity index (χ2v) is 14.5. The molecule has 6 nitrogen and oxygen atoms in total. The number of benzene rings is 3. The molecule has 49 heavy (non-hydrogen) atoms. The summed E-state index contributed by atoms with van der Waals surface area (Å²) in [6.07, 6.45) is 1.70. The van der Waals surface area contributed by atoms with Gasteiger partial charge in [0.1, 0.15) is 17.5 Å². The van der Waals surface area contributed by atoms with Gasteiger partial charge in [0.05, 0.1) is 23.1 Å². The maximum atomic E-state index is 14.1. The number of likely N-dealkylation sites (tertiary alicyclic amines) is 1. The monoisotopic (exact) mass is 672 g/mol. The predicted molar refractivity (Wildman–Crippen MR) is 181 cm³/mol. The lowest BCUT2D eigenvalue weighted by molar-refractivity contribution is -0.224. The number of carbonyl (C=O) groups is 2. The number of hydrogen-bond donors (Lipinski definition) is 0. The van der Waals surface area contributed by atoms with Gasteiger partial charge in [-0.25, -0.2) is 0 Å². The Hall–Kier alpha value is -4.11. The molecule has 5 atom stereocenters. The van der Waals surface area contributed by atoms with Gasteiger partial charge in [0, 0.05) is 31.7 Å². The lowest BCUT2D eigenvalue weighted by atomic mass is 9.48. The number of piperidine rings is 1. The molecule has 2 aliphatic heterocycles. The Morgan fingerprint density at radius 3 is 2.49 bits per heavy atom. The average Bonchev–Trinajstić information content (AvgIpc) is 3.41. The van der Waals surface area contributed by atoms with Gasteiger partial charge in [0.2, 0.25) is 5.91 Å². The standard InChI is InChI=1S/C40H43F3N2O4/c1-26(2)25-45(35(47)17-14-29-12-15-31(16-13-29)40(41,42)43)32-18-20-39(49-27(3)46)34-24-30-10-7-11-33-36(30)38(39,37(32)48-33)21-23-44(34)22-19-28-8-5-4-6-9-28/h4-17,26,32,34,37H,18-25H2,1-3H3/t32-,34-,37+,38+,39-/m1/s1. The second-order valence-electron chi connectivity index (χ2n) is 14.5. The fourth-order valence-corrected chi connectivity index (χ4v) is 9.34. The number of rotatable bonds is 9. The summed E-state index contributed by atoms with van der Waals surface area (Å²) in [6, 6.07) is 21.1. The van der Waals surface area contributed by atoms with Crippen LogP contribution in [0.1, 0.15) is 67.9 Å². The van der Waals surface area contributed by atoms with Crippen molar-refractivity contribution >= 4 is 18.0 Å². The lowest BCUT2D eigenvalue weighted by Crippen LogP contribution is -2.79. The van der Waals surface area contributed by atoms with E-state index in [4.69, 9.17) is 9.47 Å². The quantitative estimate of drug-likeness (QED) is 0.177. The third-order valence-corrected chi connectivity index (χ3v) is 11.2. The minimum atomic E-state index is -4.43. The van der Waals surface area contributed by atoms with Gasteiger partial charge in [0.25, 0.3) is 0 Å². The summed E-state index contributed by atoms with van der Waals surface area (Å²) in [6.45, 7) is 7.75. The Kier molecular flexibility index (Phi) is 8.62. The number of alkyl halides is 3. The zero-order chi connectivity index (χ0) is 34.6. The molecule has 0 aromatic heterocycles. The van der Waals surface area contributed by atoms with Gasteiger partial charge >= 0.3 is 12.1 Å². The number of halogens is 3. The molecule has 3 aromatic rings. The molecular weight excluding hydrogens is 629 g/mol. The van der Waals surface area contributed by atoms with Crippen LogP contribution in [0, 0.1) is 5.92 Å². The van der Waals surface area contributed by atoms with Crippen LogP contribution in [0.5, 0.6) is 5.75 Å². The van der Waals surface area contributed by atoms with Crippen molar-refractivity contribution in [2.45, 2.75) is 88.3 Å². The highest BCUT2D eigenvalue weighted by Gasteiger charge is 2.75. The summed E-state index contributed by atoms with van der Waals surface area (Å²) in [5, 5.41) is 0. The largest absolute Gasteiger partial charge is 0.487 e. The third-order valence-electron chi connectivity index (χ3n) is 11.2. The Bertz CT molecular complexity index is 1740. The van der Waals surface area contributed by atoms with E-state index in [1.807, 2.05) is 23.1 Å². The third kappa shape index (κ3) is 5.73. The normalized spacial score (nSPS) is 27.1. The summed E-state index contributed by atoms with van der Waals surface area (Å²) in [5.41, 5.74) is 1.92. The van der Waals surface area contributed by atoms with Crippen LogP contribution in [-0.4, -0.2) is 65.1 Å². The molecule has 258 valence electrons. The van der Waals surface area contributed by atoms with E-state index in [0.717, 1.165) is 55.8 Å². The van der Waals surface area contributed by atoms with Gasteiger partial charge in [0.15, 0.2) is 0 Å². The van der Waals surface area contributed by atoms with E-state index in [1.165, 1.54) is 36.3 Å². The van der Waals surface area contributed by atoms with Gasteiger partial charge in [-0.05, 0) is 85.5 Å². The summed E-state index contributed by atoms with van der Waals surface area (Å²) < 4.78 is 53.0. The van der Waals surface area contributed by atoms with Crippen molar-refractivity contribution in [3.63, 3.8) is 0 Å². The molecule has 1 spiro atoms. The van der Waals surface area contributed by atoms with E-state index in [1.54, 1.807) is 6.08 Å². The molecule has 9 heteroatoms. The number of ether oxygens (including phenoxy) is 2. The molecule has 2 aliphatic carbocycles. The predicted octanol–water partition coefficient (Wildman–Crippen LogP) is 7.24. The van der Waals surface area contributed by atoms with E-state index >= 15 is 0 Å². The SMILES string of the molecule is CC(=O)O[C@@]12CC[C@@H](N(CC(C)C)C(=O)C=Cc3ccc(C(F)(F)F)cc3)[C@@H]3Oc4cccc5c4[C@@]31CCN(CCc1ccccc1)[C@@H]2C5. The van der Waals surface area contributed by atoms with Gasteiger partial charge in [-0.2, -0.15) is 13.2 Å². The van der Waals surface area contributed by atoms with Crippen LogP contribution in [0.2, 0.25) is 0 Å². The first-order valence-corrected chi connectivity index (χ1v) is 17.4. The highest BCUT2D eigenvalue weighted by Crippen LogP contribution is 2.65. The van der Waals surface area contributed by atoms with Crippen LogP contribution in [0.25, 0.3) is 6.08 Å². The van der Waals surface area contributed by atoms with Crippen molar-refractivity contribution in [3.8, 4) is 5.75 Å². The molecule has 1 saturated heterocycles. The van der Waals surface area contributed by atoms with Crippen LogP contribution < -0.4 is 4.74 Å². The van der Waals surface area contributed by atoms with Crippen LogP contribution in [0.15, 0.2) is 78.9 Å². The first kappa shape index (κ1) is 33.4. The maximum absolute atomic E-state index is 14.1. The second kappa shape index (κ2) is 12.7. The maximum Gasteiger partial charge on any atom is 0.416 e. The average molecular weight is 673 g/mol. The van der Waals surface area contributed by atoms with Gasteiger partial charge in [-0.3, -0.25) is 14.5 Å². The molecule has 7 rings (SSSR count). The molecule has 1 saturated carbocycles. The lowest BCUT2D eigenvalue weighted by Gasteiger charge is -2.65. The Balaban J connectivity index is 1.24. The minimum Gasteiger partial charge on any atom is -0.487 e. The first-order valence-electron chi connectivity index (χ1n) is 17.4. The Morgan fingerprint density at radius 1 is 1.04 bits per heavy atom. The van der Waals surface area contributed by atoms with E-state index in [2.05, 4.69) is 49.1 Å². The van der Waals surface area contributed by atoms with Crippen molar-refractivity contribution in [2.24, 2.45) is 5.92 Å². The van der Waals surface area contributed by atoms with E-state index in [-0.39, 0.29) is 29.9 Å². The molecule has 2 heterocycles. The molecule has 2 fully saturated rings. The Labute approximate surface area is 285 Å².